The van der Waals surface area contributed by atoms with Crippen molar-refractivity contribution in [3.05, 3.63) is 48.0 Å². The zero-order valence-corrected chi connectivity index (χ0v) is 11.0. The molecule has 1 atom stereocenters. The van der Waals surface area contributed by atoms with Crippen LogP contribution in [-0.2, 0) is 13.0 Å². The molecule has 0 saturated heterocycles. The lowest BCUT2D eigenvalue weighted by atomic mass is 10.1. The highest BCUT2D eigenvalue weighted by Gasteiger charge is 2.14. The molecule has 0 aliphatic rings. The summed E-state index contributed by atoms with van der Waals surface area (Å²) in [6.07, 6.45) is 2.55. The maximum Gasteiger partial charge on any atom is 0.150 e. The monoisotopic (exact) mass is 244 g/mol. The van der Waals surface area contributed by atoms with Crippen molar-refractivity contribution < 1.29 is 0 Å². The first-order chi connectivity index (χ1) is 8.66. The van der Waals surface area contributed by atoms with E-state index in [0.717, 1.165) is 18.8 Å². The van der Waals surface area contributed by atoms with Crippen LogP contribution in [0.15, 0.2) is 36.7 Å². The molecular formula is C14H20N4. The quantitative estimate of drug-likeness (QED) is 0.877. The van der Waals surface area contributed by atoms with Crippen molar-refractivity contribution in [1.82, 2.24) is 14.8 Å². The third kappa shape index (κ3) is 3.17. The van der Waals surface area contributed by atoms with Crippen LogP contribution in [0.1, 0.15) is 31.3 Å². The summed E-state index contributed by atoms with van der Waals surface area (Å²) in [4.78, 5) is 0. The van der Waals surface area contributed by atoms with Gasteiger partial charge in [0.1, 0.15) is 12.2 Å². The van der Waals surface area contributed by atoms with Crippen LogP contribution in [0.4, 0.5) is 0 Å². The second-order valence-electron chi connectivity index (χ2n) is 5.03. The van der Waals surface area contributed by atoms with Gasteiger partial charge < -0.3 is 10.3 Å². The summed E-state index contributed by atoms with van der Waals surface area (Å²) >= 11 is 0. The first-order valence-electron chi connectivity index (χ1n) is 6.34. The molecule has 1 aromatic heterocycles. The van der Waals surface area contributed by atoms with Crippen LogP contribution in [0, 0.1) is 5.92 Å². The Labute approximate surface area is 108 Å². The van der Waals surface area contributed by atoms with E-state index in [2.05, 4.69) is 40.7 Å². The number of benzene rings is 1. The van der Waals surface area contributed by atoms with Crippen molar-refractivity contribution in [3.63, 3.8) is 0 Å². The molecule has 0 fully saturated rings. The molecule has 0 aliphatic carbocycles. The minimum Gasteiger partial charge on any atom is -0.321 e. The largest absolute Gasteiger partial charge is 0.321 e. The normalized spacial score (nSPS) is 12.9. The molecule has 0 amide bonds. The van der Waals surface area contributed by atoms with Gasteiger partial charge in [-0.05, 0) is 17.9 Å². The second kappa shape index (κ2) is 5.78. The summed E-state index contributed by atoms with van der Waals surface area (Å²) in [6, 6.07) is 10.1. The molecule has 0 saturated carbocycles. The molecule has 18 heavy (non-hydrogen) atoms. The fourth-order valence-corrected chi connectivity index (χ4v) is 2.04. The van der Waals surface area contributed by atoms with Gasteiger partial charge in [-0.2, -0.15) is 0 Å². The van der Waals surface area contributed by atoms with E-state index in [0.29, 0.717) is 5.92 Å². The summed E-state index contributed by atoms with van der Waals surface area (Å²) < 4.78 is 2.05. The molecule has 2 aromatic rings. The molecule has 4 nitrogen and oxygen atoms in total. The Morgan fingerprint density at radius 1 is 1.22 bits per heavy atom. The van der Waals surface area contributed by atoms with Crippen molar-refractivity contribution in [2.75, 3.05) is 0 Å². The average Bonchev–Trinajstić information content (AvgIpc) is 2.77. The number of hydrogen-bond acceptors (Lipinski definition) is 3. The molecule has 1 unspecified atom stereocenters. The zero-order chi connectivity index (χ0) is 13.0. The van der Waals surface area contributed by atoms with E-state index in [1.807, 2.05) is 18.2 Å². The molecule has 1 heterocycles. The van der Waals surface area contributed by atoms with Crippen LogP contribution < -0.4 is 5.73 Å². The maximum absolute atomic E-state index is 6.22. The molecule has 0 radical (unpaired) electrons. The Balaban J connectivity index is 2.09. The summed E-state index contributed by atoms with van der Waals surface area (Å²) in [5.74, 6) is 1.43. The van der Waals surface area contributed by atoms with Crippen LogP contribution in [0.5, 0.6) is 0 Å². The Morgan fingerprint density at radius 3 is 2.61 bits per heavy atom. The van der Waals surface area contributed by atoms with Gasteiger partial charge in [0.2, 0.25) is 0 Å². The minimum atomic E-state index is -0.103. The zero-order valence-electron chi connectivity index (χ0n) is 11.0. The van der Waals surface area contributed by atoms with Gasteiger partial charge in [0.25, 0.3) is 0 Å². The predicted octanol–water partition coefficient (Wildman–Crippen LogP) is 2.18. The lowest BCUT2D eigenvalue weighted by Gasteiger charge is -2.14. The number of nitrogens with zero attached hydrogens (tertiary/aromatic N) is 3. The van der Waals surface area contributed by atoms with Crippen LogP contribution >= 0.6 is 0 Å². The second-order valence-corrected chi connectivity index (χ2v) is 5.03. The summed E-state index contributed by atoms with van der Waals surface area (Å²) in [5, 5.41) is 8.12. The Kier molecular flexibility index (Phi) is 4.10. The first kappa shape index (κ1) is 12.8. The summed E-state index contributed by atoms with van der Waals surface area (Å²) in [5.41, 5.74) is 7.45. The lowest BCUT2D eigenvalue weighted by Crippen LogP contribution is -2.20. The third-order valence-corrected chi connectivity index (χ3v) is 2.84. The van der Waals surface area contributed by atoms with Gasteiger partial charge >= 0.3 is 0 Å². The van der Waals surface area contributed by atoms with Crippen LogP contribution in [0.3, 0.4) is 0 Å². The van der Waals surface area contributed by atoms with Gasteiger partial charge in [-0.3, -0.25) is 0 Å². The molecule has 1 aromatic carbocycles. The fourth-order valence-electron chi connectivity index (χ4n) is 2.04. The van der Waals surface area contributed by atoms with Gasteiger partial charge in [-0.1, -0.05) is 44.2 Å². The lowest BCUT2D eigenvalue weighted by molar-refractivity contribution is 0.487. The SMILES string of the molecule is CC(C)Cn1cnnc1C(N)Cc1ccccc1. The highest BCUT2D eigenvalue weighted by Crippen LogP contribution is 2.14. The van der Waals surface area contributed by atoms with Crippen LogP contribution in [0.25, 0.3) is 0 Å². The highest BCUT2D eigenvalue weighted by atomic mass is 15.3. The summed E-state index contributed by atoms with van der Waals surface area (Å²) in [7, 11) is 0. The predicted molar refractivity (Wildman–Crippen MR) is 71.9 cm³/mol. The van der Waals surface area contributed by atoms with Gasteiger partial charge in [0.15, 0.2) is 0 Å². The van der Waals surface area contributed by atoms with Crippen LogP contribution in [-0.4, -0.2) is 14.8 Å². The van der Waals surface area contributed by atoms with Gasteiger partial charge in [-0.15, -0.1) is 10.2 Å². The van der Waals surface area contributed by atoms with Crippen LogP contribution in [0.2, 0.25) is 0 Å². The van der Waals surface area contributed by atoms with Crippen molar-refractivity contribution in [2.45, 2.75) is 32.9 Å². The van der Waals surface area contributed by atoms with E-state index in [1.165, 1.54) is 5.56 Å². The number of hydrogen-bond donors (Lipinski definition) is 1. The molecule has 2 rings (SSSR count). The molecule has 0 bridgehead atoms. The Bertz CT molecular complexity index is 476. The molecule has 96 valence electrons. The molecule has 4 heteroatoms. The number of aromatic nitrogens is 3. The van der Waals surface area contributed by atoms with E-state index in [-0.39, 0.29) is 6.04 Å². The topological polar surface area (TPSA) is 56.7 Å². The van der Waals surface area contributed by atoms with E-state index in [9.17, 15) is 0 Å². The van der Waals surface area contributed by atoms with Gasteiger partial charge in [-0.25, -0.2) is 0 Å². The Morgan fingerprint density at radius 2 is 1.94 bits per heavy atom. The van der Waals surface area contributed by atoms with Crippen molar-refractivity contribution in [1.29, 1.82) is 0 Å². The van der Waals surface area contributed by atoms with Crippen molar-refractivity contribution in [2.24, 2.45) is 11.7 Å². The molecule has 0 spiro atoms. The minimum absolute atomic E-state index is 0.103. The van der Waals surface area contributed by atoms with Gasteiger partial charge in [0.05, 0.1) is 6.04 Å². The number of nitrogens with two attached hydrogens (primary N) is 1. The molecule has 2 N–H and O–H groups in total. The van der Waals surface area contributed by atoms with E-state index in [4.69, 9.17) is 5.73 Å². The number of rotatable bonds is 5. The van der Waals surface area contributed by atoms with E-state index in [1.54, 1.807) is 6.33 Å². The smallest absolute Gasteiger partial charge is 0.150 e. The van der Waals surface area contributed by atoms with Crippen molar-refractivity contribution >= 4 is 0 Å². The third-order valence-electron chi connectivity index (χ3n) is 2.84. The maximum atomic E-state index is 6.22. The first-order valence-corrected chi connectivity index (χ1v) is 6.34. The van der Waals surface area contributed by atoms with Gasteiger partial charge in [0, 0.05) is 6.54 Å². The highest BCUT2D eigenvalue weighted by molar-refractivity contribution is 5.17. The van der Waals surface area contributed by atoms with E-state index >= 15 is 0 Å². The fraction of sp³-hybridized carbons (Fsp3) is 0.429. The summed E-state index contributed by atoms with van der Waals surface area (Å²) in [6.45, 7) is 5.25. The molecule has 0 aliphatic heterocycles. The standard InChI is InChI=1S/C14H20N4/c1-11(2)9-18-10-16-17-14(18)13(15)8-12-6-4-3-5-7-12/h3-7,10-11,13H,8-9,15H2,1-2H3. The van der Waals surface area contributed by atoms with Crippen molar-refractivity contribution in [3.8, 4) is 0 Å². The van der Waals surface area contributed by atoms with E-state index < -0.39 is 0 Å². The molecular weight excluding hydrogens is 224 g/mol. The average molecular weight is 244 g/mol. The Hall–Kier alpha value is -1.68.